The van der Waals surface area contributed by atoms with Gasteiger partial charge in [0.05, 0.1) is 0 Å². The van der Waals surface area contributed by atoms with Gasteiger partial charge in [0.25, 0.3) is 0 Å². The van der Waals surface area contributed by atoms with Gasteiger partial charge >= 0.3 is 0 Å². The van der Waals surface area contributed by atoms with Crippen molar-refractivity contribution in [3.63, 3.8) is 0 Å². The predicted molar refractivity (Wildman–Crippen MR) is 84.0 cm³/mol. The van der Waals surface area contributed by atoms with Crippen molar-refractivity contribution in [3.8, 4) is 0 Å². The highest BCUT2D eigenvalue weighted by molar-refractivity contribution is 5.51. The summed E-state index contributed by atoms with van der Waals surface area (Å²) in [6.07, 6.45) is 3.31. The molecule has 2 heterocycles. The first-order chi connectivity index (χ1) is 9.58. The van der Waals surface area contributed by atoms with E-state index >= 15 is 0 Å². The number of likely N-dealkylation sites (tertiary alicyclic amines) is 1. The highest BCUT2D eigenvalue weighted by Crippen LogP contribution is 2.20. The highest BCUT2D eigenvalue weighted by Gasteiger charge is 2.22. The Bertz CT molecular complexity index is 436. The fourth-order valence-electron chi connectivity index (χ4n) is 2.51. The summed E-state index contributed by atoms with van der Waals surface area (Å²) in [5.74, 6) is 1.93. The lowest BCUT2D eigenvalue weighted by molar-refractivity contribution is 0.190. The number of anilines is 3. The van der Waals surface area contributed by atoms with Gasteiger partial charge in [-0.25, -0.2) is 0 Å². The molecule has 0 aliphatic carbocycles. The van der Waals surface area contributed by atoms with Crippen LogP contribution in [-0.4, -0.2) is 47.1 Å². The highest BCUT2D eigenvalue weighted by atomic mass is 15.2. The third kappa shape index (κ3) is 3.96. The van der Waals surface area contributed by atoms with Crippen LogP contribution in [0.25, 0.3) is 0 Å². The van der Waals surface area contributed by atoms with Gasteiger partial charge in [0, 0.05) is 31.2 Å². The molecule has 20 heavy (non-hydrogen) atoms. The third-order valence-corrected chi connectivity index (χ3v) is 3.86. The molecule has 0 aromatic carbocycles. The molecule has 0 spiro atoms. The van der Waals surface area contributed by atoms with Gasteiger partial charge in [0.2, 0.25) is 5.95 Å². The Balaban J connectivity index is 1.99. The lowest BCUT2D eigenvalue weighted by Gasteiger charge is -2.35. The summed E-state index contributed by atoms with van der Waals surface area (Å²) in [7, 11) is 2.18. The zero-order valence-electron chi connectivity index (χ0n) is 12.7. The molecule has 0 saturated carbocycles. The van der Waals surface area contributed by atoms with Crippen molar-refractivity contribution in [2.24, 2.45) is 0 Å². The van der Waals surface area contributed by atoms with E-state index in [-0.39, 0.29) is 0 Å². The number of aromatic nitrogens is 2. The molecule has 4 N–H and O–H groups in total. The average Bonchev–Trinajstić information content (AvgIpc) is 2.40. The molecule has 2 rings (SSSR count). The number of nitrogens with one attached hydrogen (secondary N) is 2. The number of rotatable bonds is 5. The van der Waals surface area contributed by atoms with E-state index in [0.29, 0.717) is 18.0 Å². The molecule has 1 aromatic heterocycles. The maximum Gasteiger partial charge on any atom is 0.223 e. The molecule has 6 nitrogen and oxygen atoms in total. The van der Waals surface area contributed by atoms with Gasteiger partial charge < -0.3 is 21.3 Å². The van der Waals surface area contributed by atoms with E-state index in [1.54, 1.807) is 0 Å². The monoisotopic (exact) mass is 278 g/mol. The van der Waals surface area contributed by atoms with Crippen LogP contribution in [-0.2, 0) is 0 Å². The Morgan fingerprint density at radius 3 is 2.85 bits per heavy atom. The first kappa shape index (κ1) is 14.8. The van der Waals surface area contributed by atoms with Crippen molar-refractivity contribution >= 4 is 17.6 Å². The van der Waals surface area contributed by atoms with Crippen LogP contribution >= 0.6 is 0 Å². The molecule has 1 saturated heterocycles. The topological polar surface area (TPSA) is 79.1 Å². The van der Waals surface area contributed by atoms with Crippen LogP contribution in [0.3, 0.4) is 0 Å². The molecule has 2 atom stereocenters. The van der Waals surface area contributed by atoms with Crippen LogP contribution in [0.4, 0.5) is 17.6 Å². The molecule has 6 heteroatoms. The number of hydrogen-bond acceptors (Lipinski definition) is 6. The predicted octanol–water partition coefficient (Wildman–Crippen LogP) is 1.78. The summed E-state index contributed by atoms with van der Waals surface area (Å²) in [6.45, 7) is 6.38. The molecule has 0 amide bonds. The quantitative estimate of drug-likeness (QED) is 0.762. The van der Waals surface area contributed by atoms with Crippen molar-refractivity contribution in [1.82, 2.24) is 14.9 Å². The summed E-state index contributed by atoms with van der Waals surface area (Å²) in [5, 5.41) is 6.74. The van der Waals surface area contributed by atoms with Crippen molar-refractivity contribution in [3.05, 3.63) is 6.07 Å². The number of hydrogen-bond donors (Lipinski definition) is 3. The van der Waals surface area contributed by atoms with E-state index in [2.05, 4.69) is 46.4 Å². The molecular formula is C14H26N6. The van der Waals surface area contributed by atoms with Crippen LogP contribution in [0.15, 0.2) is 6.07 Å². The molecule has 1 aliphatic heterocycles. The lowest BCUT2D eigenvalue weighted by atomic mass is 9.99. The summed E-state index contributed by atoms with van der Waals surface area (Å²) in [4.78, 5) is 10.9. The summed E-state index contributed by atoms with van der Waals surface area (Å²) in [5.41, 5.74) is 5.78. The molecule has 0 bridgehead atoms. The lowest BCUT2D eigenvalue weighted by Crippen LogP contribution is -2.42. The van der Waals surface area contributed by atoms with E-state index in [1.165, 1.54) is 0 Å². The van der Waals surface area contributed by atoms with Gasteiger partial charge in [-0.15, -0.1) is 0 Å². The number of nitrogens with two attached hydrogens (primary N) is 1. The minimum atomic E-state index is 0.314. The zero-order chi connectivity index (χ0) is 14.5. The second kappa shape index (κ2) is 6.74. The third-order valence-electron chi connectivity index (χ3n) is 3.86. The minimum Gasteiger partial charge on any atom is -0.370 e. The van der Waals surface area contributed by atoms with Crippen LogP contribution in [0.2, 0.25) is 0 Å². The van der Waals surface area contributed by atoms with Crippen molar-refractivity contribution in [1.29, 1.82) is 0 Å². The zero-order valence-corrected chi connectivity index (χ0v) is 12.7. The molecule has 1 aliphatic rings. The van der Waals surface area contributed by atoms with E-state index in [9.17, 15) is 0 Å². The number of nitrogens with zero attached hydrogens (tertiary/aromatic N) is 3. The second-order valence-corrected chi connectivity index (χ2v) is 5.62. The fraction of sp³-hybridized carbons (Fsp3) is 0.714. The van der Waals surface area contributed by atoms with E-state index in [1.807, 2.05) is 6.07 Å². The second-order valence-electron chi connectivity index (χ2n) is 5.62. The van der Waals surface area contributed by atoms with E-state index in [0.717, 1.165) is 44.0 Å². The van der Waals surface area contributed by atoms with Gasteiger partial charge in [-0.05, 0) is 33.2 Å². The maximum atomic E-state index is 5.78. The Morgan fingerprint density at radius 2 is 2.15 bits per heavy atom. The molecular weight excluding hydrogens is 252 g/mol. The normalized spacial score (nSPS) is 23.6. The first-order valence-electron chi connectivity index (χ1n) is 7.43. The summed E-state index contributed by atoms with van der Waals surface area (Å²) in [6, 6.07) is 2.99. The van der Waals surface area contributed by atoms with Crippen molar-refractivity contribution in [2.75, 3.05) is 36.5 Å². The standard InChI is InChI=1S/C14H26N6/c1-4-6-16-12-9-13(19-14(15)18-12)17-11-5-7-20(3)10(2)8-11/h9-11H,4-8H2,1-3H3,(H4,15,16,17,18,19). The molecule has 0 radical (unpaired) electrons. The Labute approximate surface area is 121 Å². The van der Waals surface area contributed by atoms with Crippen LogP contribution in [0, 0.1) is 0 Å². The Hall–Kier alpha value is -1.56. The molecule has 2 unspecified atom stereocenters. The van der Waals surface area contributed by atoms with Crippen molar-refractivity contribution in [2.45, 2.75) is 45.2 Å². The number of nitrogen functional groups attached to an aromatic ring is 1. The van der Waals surface area contributed by atoms with Crippen LogP contribution in [0.1, 0.15) is 33.1 Å². The Morgan fingerprint density at radius 1 is 1.40 bits per heavy atom. The van der Waals surface area contributed by atoms with Crippen LogP contribution < -0.4 is 16.4 Å². The number of piperidine rings is 1. The van der Waals surface area contributed by atoms with Crippen molar-refractivity contribution < 1.29 is 0 Å². The molecule has 1 fully saturated rings. The van der Waals surface area contributed by atoms with Gasteiger partial charge in [0.15, 0.2) is 0 Å². The maximum absolute atomic E-state index is 5.78. The molecule has 112 valence electrons. The SMILES string of the molecule is CCCNc1cc(NC2CCN(C)C(C)C2)nc(N)n1. The van der Waals surface area contributed by atoms with E-state index < -0.39 is 0 Å². The van der Waals surface area contributed by atoms with Crippen LogP contribution in [0.5, 0.6) is 0 Å². The van der Waals surface area contributed by atoms with Gasteiger partial charge in [0.1, 0.15) is 11.6 Å². The average molecular weight is 278 g/mol. The minimum absolute atomic E-state index is 0.314. The van der Waals surface area contributed by atoms with Gasteiger partial charge in [-0.2, -0.15) is 9.97 Å². The summed E-state index contributed by atoms with van der Waals surface area (Å²) >= 11 is 0. The largest absolute Gasteiger partial charge is 0.370 e. The fourth-order valence-corrected chi connectivity index (χ4v) is 2.51. The Kier molecular flexibility index (Phi) is 5.00. The van der Waals surface area contributed by atoms with E-state index in [4.69, 9.17) is 5.73 Å². The van der Waals surface area contributed by atoms with Gasteiger partial charge in [-0.1, -0.05) is 6.92 Å². The van der Waals surface area contributed by atoms with Gasteiger partial charge in [-0.3, -0.25) is 0 Å². The smallest absolute Gasteiger partial charge is 0.223 e. The summed E-state index contributed by atoms with van der Waals surface area (Å²) < 4.78 is 0. The molecule has 1 aromatic rings. The first-order valence-corrected chi connectivity index (χ1v) is 7.43.